The lowest BCUT2D eigenvalue weighted by molar-refractivity contribution is -0.0887. The number of rotatable bonds is 5. The molecule has 1 saturated heterocycles. The summed E-state index contributed by atoms with van der Waals surface area (Å²) in [4.78, 5) is 15.0. The zero-order valence-electron chi connectivity index (χ0n) is 16.5. The molecule has 2 aliphatic rings. The molecule has 27 heavy (non-hydrogen) atoms. The van der Waals surface area contributed by atoms with Crippen molar-refractivity contribution in [3.05, 3.63) is 18.0 Å². The van der Waals surface area contributed by atoms with E-state index in [1.165, 1.54) is 16.6 Å². The predicted octanol–water partition coefficient (Wildman–Crippen LogP) is 1.82. The lowest BCUT2D eigenvalue weighted by Crippen LogP contribution is -2.54. The highest BCUT2D eigenvalue weighted by Crippen LogP contribution is 2.40. The van der Waals surface area contributed by atoms with Crippen LogP contribution in [0.2, 0.25) is 0 Å². The number of aryl methyl sites for hydroxylation is 1. The first kappa shape index (κ1) is 20.4. The molecule has 152 valence electrons. The van der Waals surface area contributed by atoms with Gasteiger partial charge >= 0.3 is 0 Å². The molecule has 1 N–H and O–H groups in total. The third-order valence-corrected chi connectivity index (χ3v) is 8.27. The lowest BCUT2D eigenvalue weighted by Gasteiger charge is -2.47. The molecule has 2 heterocycles. The molecule has 8 heteroatoms. The van der Waals surface area contributed by atoms with Gasteiger partial charge in [-0.05, 0) is 25.3 Å². The molecular formula is C19H31N3O4S. The van der Waals surface area contributed by atoms with Gasteiger partial charge in [0.25, 0.3) is 5.91 Å². The molecule has 2 fully saturated rings. The lowest BCUT2D eigenvalue weighted by atomic mass is 9.71. The Morgan fingerprint density at radius 3 is 2.67 bits per heavy atom. The van der Waals surface area contributed by atoms with Crippen molar-refractivity contribution < 1.29 is 18.3 Å². The summed E-state index contributed by atoms with van der Waals surface area (Å²) in [5.74, 6) is -0.0470. The Morgan fingerprint density at radius 2 is 2.00 bits per heavy atom. The van der Waals surface area contributed by atoms with Gasteiger partial charge in [-0.15, -0.1) is 0 Å². The van der Waals surface area contributed by atoms with Crippen molar-refractivity contribution in [1.29, 1.82) is 0 Å². The van der Waals surface area contributed by atoms with Crippen LogP contribution >= 0.6 is 0 Å². The number of hydrogen-bond donors (Lipinski definition) is 1. The molecule has 0 bridgehead atoms. The zero-order chi connectivity index (χ0) is 19.8. The average molecular weight is 398 g/mol. The number of carbonyl (C=O) groups is 1. The molecule has 3 rings (SSSR count). The second-order valence-corrected chi connectivity index (χ2v) is 9.75. The van der Waals surface area contributed by atoms with Crippen LogP contribution < -0.4 is 0 Å². The number of nitrogens with zero attached hydrogens (tertiary/aromatic N) is 3. The largest absolute Gasteiger partial charge is 0.389 e. The first-order valence-electron chi connectivity index (χ1n) is 9.91. The Hall–Kier alpha value is -1.38. The van der Waals surface area contributed by atoms with Gasteiger partial charge in [0, 0.05) is 45.3 Å². The molecule has 0 radical (unpaired) electrons. The van der Waals surface area contributed by atoms with E-state index < -0.39 is 15.6 Å². The van der Waals surface area contributed by atoms with Crippen LogP contribution in [-0.2, 0) is 17.1 Å². The second-order valence-electron chi connectivity index (χ2n) is 7.81. The normalized spacial score (nSPS) is 26.3. The van der Waals surface area contributed by atoms with Crippen LogP contribution in [0.15, 0.2) is 17.2 Å². The van der Waals surface area contributed by atoms with Crippen LogP contribution in [0.3, 0.4) is 0 Å². The van der Waals surface area contributed by atoms with Crippen LogP contribution in [0.4, 0.5) is 0 Å². The fourth-order valence-corrected chi connectivity index (χ4v) is 6.05. The Morgan fingerprint density at radius 1 is 1.30 bits per heavy atom. The van der Waals surface area contributed by atoms with Crippen molar-refractivity contribution in [2.75, 3.05) is 26.2 Å². The van der Waals surface area contributed by atoms with Crippen LogP contribution in [0.1, 0.15) is 56.4 Å². The average Bonchev–Trinajstić information content (AvgIpc) is 3.03. The van der Waals surface area contributed by atoms with Crippen LogP contribution in [0.25, 0.3) is 0 Å². The summed E-state index contributed by atoms with van der Waals surface area (Å²) in [5.41, 5.74) is -0.262. The molecule has 1 saturated carbocycles. The summed E-state index contributed by atoms with van der Waals surface area (Å²) < 4.78 is 28.5. The molecule has 0 unspecified atom stereocenters. The molecule has 7 nitrogen and oxygen atoms in total. The van der Waals surface area contributed by atoms with E-state index in [-0.39, 0.29) is 16.7 Å². The highest BCUT2D eigenvalue weighted by atomic mass is 32.2. The minimum absolute atomic E-state index is 0.114. The van der Waals surface area contributed by atoms with E-state index >= 15 is 0 Å². The number of piperidine rings is 1. The highest BCUT2D eigenvalue weighted by molar-refractivity contribution is 7.89. The summed E-state index contributed by atoms with van der Waals surface area (Å²) in [5, 5.41) is 10.8. The molecule has 1 aromatic rings. The molecule has 1 aliphatic carbocycles. The standard InChI is InChI=1S/C19H31N3O4S/c1-4-22(5-2)27(25,26)16-12-17(20(3)14-16)18(23)21-11-10-19(24)9-7-6-8-15(19)13-21/h12,14-15,24H,4-11,13H2,1-3H3/t15-,19-/m0/s1. The predicted molar refractivity (Wildman–Crippen MR) is 103 cm³/mol. The summed E-state index contributed by atoms with van der Waals surface area (Å²) in [6.45, 7) is 5.44. The molecule has 1 amide bonds. The third-order valence-electron chi connectivity index (χ3n) is 6.26. The molecule has 1 aliphatic heterocycles. The number of likely N-dealkylation sites (tertiary alicyclic amines) is 1. The number of fused-ring (bicyclic) bond motifs is 1. The summed E-state index contributed by atoms with van der Waals surface area (Å²) >= 11 is 0. The van der Waals surface area contributed by atoms with E-state index in [1.54, 1.807) is 30.4 Å². The first-order valence-corrected chi connectivity index (χ1v) is 11.3. The highest BCUT2D eigenvalue weighted by Gasteiger charge is 2.44. The smallest absolute Gasteiger partial charge is 0.270 e. The minimum atomic E-state index is -3.59. The number of sulfonamides is 1. The third kappa shape index (κ3) is 3.67. The van der Waals surface area contributed by atoms with Gasteiger partial charge in [0.2, 0.25) is 10.0 Å². The SMILES string of the molecule is CCN(CC)S(=O)(=O)c1cc(C(=O)N2CC[C@@]3(O)CCCC[C@H]3C2)n(C)c1. The van der Waals surface area contributed by atoms with Crippen molar-refractivity contribution in [3.63, 3.8) is 0 Å². The van der Waals surface area contributed by atoms with Crippen molar-refractivity contribution in [3.8, 4) is 0 Å². The van der Waals surface area contributed by atoms with Crippen molar-refractivity contribution in [2.24, 2.45) is 13.0 Å². The maximum Gasteiger partial charge on any atom is 0.270 e. The second kappa shape index (κ2) is 7.56. The zero-order valence-corrected chi connectivity index (χ0v) is 17.3. The van der Waals surface area contributed by atoms with Gasteiger partial charge in [-0.1, -0.05) is 26.7 Å². The van der Waals surface area contributed by atoms with Gasteiger partial charge in [-0.3, -0.25) is 4.79 Å². The van der Waals surface area contributed by atoms with Gasteiger partial charge in [0.05, 0.1) is 5.60 Å². The number of amides is 1. The molecule has 1 aromatic heterocycles. The Balaban J connectivity index is 1.81. The van der Waals surface area contributed by atoms with Crippen molar-refractivity contribution >= 4 is 15.9 Å². The van der Waals surface area contributed by atoms with Crippen LogP contribution in [0, 0.1) is 5.92 Å². The van der Waals surface area contributed by atoms with Gasteiger partial charge in [0.1, 0.15) is 10.6 Å². The summed E-state index contributed by atoms with van der Waals surface area (Å²) in [6, 6.07) is 1.48. The molecule has 0 spiro atoms. The molecule has 0 aromatic carbocycles. The monoisotopic (exact) mass is 397 g/mol. The van der Waals surface area contributed by atoms with Gasteiger partial charge in [0.15, 0.2) is 0 Å². The number of aromatic nitrogens is 1. The van der Waals surface area contributed by atoms with Crippen molar-refractivity contribution in [1.82, 2.24) is 13.8 Å². The van der Waals surface area contributed by atoms with E-state index in [0.717, 1.165) is 25.7 Å². The first-order chi connectivity index (χ1) is 12.7. The molecule has 2 atom stereocenters. The van der Waals surface area contributed by atoms with Gasteiger partial charge < -0.3 is 14.6 Å². The number of aliphatic hydroxyl groups is 1. The fraction of sp³-hybridized carbons (Fsp3) is 0.737. The maximum absolute atomic E-state index is 13.1. The topological polar surface area (TPSA) is 82.8 Å². The Labute approximate surface area is 162 Å². The minimum Gasteiger partial charge on any atom is -0.389 e. The van der Waals surface area contributed by atoms with E-state index in [2.05, 4.69) is 0 Å². The Kier molecular flexibility index (Phi) is 5.70. The van der Waals surface area contributed by atoms with Gasteiger partial charge in [-0.25, -0.2) is 8.42 Å². The van der Waals surface area contributed by atoms with E-state index in [1.807, 2.05) is 0 Å². The maximum atomic E-state index is 13.1. The quantitative estimate of drug-likeness (QED) is 0.822. The fourth-order valence-electron chi connectivity index (χ4n) is 4.52. The van der Waals surface area contributed by atoms with E-state index in [0.29, 0.717) is 38.3 Å². The number of hydrogen-bond acceptors (Lipinski definition) is 4. The number of carbonyl (C=O) groups excluding carboxylic acids is 1. The van der Waals surface area contributed by atoms with Crippen molar-refractivity contribution in [2.45, 2.75) is 56.4 Å². The Bertz CT molecular complexity index is 800. The summed E-state index contributed by atoms with van der Waals surface area (Å²) in [7, 11) is -1.89. The summed E-state index contributed by atoms with van der Waals surface area (Å²) in [6.07, 6.45) is 6.00. The van der Waals surface area contributed by atoms with Gasteiger partial charge in [-0.2, -0.15) is 4.31 Å². The van der Waals surface area contributed by atoms with Crippen LogP contribution in [0.5, 0.6) is 0 Å². The van der Waals surface area contributed by atoms with E-state index in [9.17, 15) is 18.3 Å². The van der Waals surface area contributed by atoms with Crippen LogP contribution in [-0.4, -0.2) is 65.0 Å². The molecular weight excluding hydrogens is 366 g/mol. The van der Waals surface area contributed by atoms with E-state index in [4.69, 9.17) is 0 Å².